The van der Waals surface area contributed by atoms with Gasteiger partial charge in [-0.05, 0) is 29.8 Å². The second-order valence-corrected chi connectivity index (χ2v) is 5.55. The number of halogens is 4. The first kappa shape index (κ1) is 16.3. The molecule has 8 heteroatoms. The van der Waals surface area contributed by atoms with Crippen LogP contribution >= 0.6 is 11.6 Å². The standard InChI is InChI=1S/C16H9ClF3NO3/c17-11-5-9(6-13(22)23)14-12(7-11)15(24-21-14)8-1-3-10(4-2-8)16(18,19)20/h1-5,7H,6H2,(H,22,23). The third-order valence-electron chi connectivity index (χ3n) is 3.44. The Kier molecular flexibility index (Phi) is 3.96. The van der Waals surface area contributed by atoms with Gasteiger partial charge in [-0.15, -0.1) is 0 Å². The number of aromatic nitrogens is 1. The molecule has 2 aromatic carbocycles. The zero-order chi connectivity index (χ0) is 17.5. The summed E-state index contributed by atoms with van der Waals surface area (Å²) in [5.74, 6) is -0.828. The molecule has 0 fully saturated rings. The summed E-state index contributed by atoms with van der Waals surface area (Å²) in [5.41, 5.74) is 0.289. The van der Waals surface area contributed by atoms with Crippen molar-refractivity contribution in [1.29, 1.82) is 0 Å². The minimum atomic E-state index is -4.43. The average molecular weight is 356 g/mol. The summed E-state index contributed by atoms with van der Waals surface area (Å²) in [6.45, 7) is 0. The molecule has 0 aliphatic carbocycles. The van der Waals surface area contributed by atoms with Crippen LogP contribution < -0.4 is 0 Å². The van der Waals surface area contributed by atoms with E-state index in [9.17, 15) is 18.0 Å². The van der Waals surface area contributed by atoms with Crippen molar-refractivity contribution in [3.05, 3.63) is 52.5 Å². The molecule has 0 spiro atoms. The van der Waals surface area contributed by atoms with Gasteiger partial charge in [0, 0.05) is 10.6 Å². The van der Waals surface area contributed by atoms with E-state index in [-0.39, 0.29) is 17.2 Å². The van der Waals surface area contributed by atoms with Crippen LogP contribution in [0, 0.1) is 0 Å². The number of alkyl halides is 3. The highest BCUT2D eigenvalue weighted by Crippen LogP contribution is 2.35. The lowest BCUT2D eigenvalue weighted by Crippen LogP contribution is -2.03. The smallest absolute Gasteiger partial charge is 0.416 e. The Morgan fingerprint density at radius 2 is 1.88 bits per heavy atom. The Morgan fingerprint density at radius 1 is 1.21 bits per heavy atom. The van der Waals surface area contributed by atoms with Crippen molar-refractivity contribution in [2.45, 2.75) is 12.6 Å². The van der Waals surface area contributed by atoms with Gasteiger partial charge in [0.15, 0.2) is 5.76 Å². The van der Waals surface area contributed by atoms with Crippen molar-refractivity contribution in [3.8, 4) is 11.3 Å². The molecule has 0 amide bonds. The van der Waals surface area contributed by atoms with E-state index in [2.05, 4.69) is 5.16 Å². The van der Waals surface area contributed by atoms with Crippen LogP contribution in [-0.2, 0) is 17.4 Å². The summed E-state index contributed by atoms with van der Waals surface area (Å²) >= 11 is 6.00. The first-order chi connectivity index (χ1) is 11.3. The van der Waals surface area contributed by atoms with Crippen molar-refractivity contribution in [2.75, 3.05) is 0 Å². The molecule has 1 aromatic heterocycles. The molecule has 24 heavy (non-hydrogen) atoms. The highest BCUT2D eigenvalue weighted by Gasteiger charge is 2.30. The molecular formula is C16H9ClF3NO3. The molecule has 1 N–H and O–H groups in total. The highest BCUT2D eigenvalue weighted by molar-refractivity contribution is 6.31. The number of carbonyl (C=O) groups is 1. The number of nitrogens with zero attached hydrogens (tertiary/aromatic N) is 1. The van der Waals surface area contributed by atoms with Crippen LogP contribution in [0.25, 0.3) is 22.2 Å². The molecule has 0 saturated heterocycles. The van der Waals surface area contributed by atoms with Gasteiger partial charge in [-0.25, -0.2) is 0 Å². The lowest BCUT2D eigenvalue weighted by Gasteiger charge is -2.06. The summed E-state index contributed by atoms with van der Waals surface area (Å²) in [5, 5.41) is 13.5. The van der Waals surface area contributed by atoms with Crippen molar-refractivity contribution < 1.29 is 27.6 Å². The van der Waals surface area contributed by atoms with E-state index in [1.165, 1.54) is 24.3 Å². The third kappa shape index (κ3) is 3.07. The van der Waals surface area contributed by atoms with Gasteiger partial charge >= 0.3 is 12.1 Å². The van der Waals surface area contributed by atoms with Gasteiger partial charge in [0.1, 0.15) is 5.52 Å². The van der Waals surface area contributed by atoms with Crippen molar-refractivity contribution >= 4 is 28.5 Å². The monoisotopic (exact) mass is 355 g/mol. The van der Waals surface area contributed by atoms with E-state index in [0.29, 0.717) is 22.0 Å². The number of rotatable bonds is 3. The largest absolute Gasteiger partial charge is 0.481 e. The number of fused-ring (bicyclic) bond motifs is 1. The number of carboxylic acid groups (broad SMARTS) is 1. The van der Waals surface area contributed by atoms with Gasteiger partial charge < -0.3 is 9.63 Å². The van der Waals surface area contributed by atoms with Crippen LogP contribution in [0.15, 0.2) is 40.9 Å². The topological polar surface area (TPSA) is 63.3 Å². The molecule has 0 aliphatic rings. The molecule has 0 atom stereocenters. The molecule has 1 heterocycles. The van der Waals surface area contributed by atoms with Crippen molar-refractivity contribution in [1.82, 2.24) is 5.16 Å². The van der Waals surface area contributed by atoms with Crippen LogP contribution in [-0.4, -0.2) is 16.2 Å². The lowest BCUT2D eigenvalue weighted by molar-refractivity contribution is -0.138. The molecule has 0 radical (unpaired) electrons. The Hall–Kier alpha value is -2.54. The SMILES string of the molecule is O=C(O)Cc1cc(Cl)cc2c(-c3ccc(C(F)(F)F)cc3)onc12. The summed E-state index contributed by atoms with van der Waals surface area (Å²) in [4.78, 5) is 10.9. The van der Waals surface area contributed by atoms with Crippen LogP contribution in [0.1, 0.15) is 11.1 Å². The fourth-order valence-electron chi connectivity index (χ4n) is 2.39. The second kappa shape index (κ2) is 5.83. The zero-order valence-corrected chi connectivity index (χ0v) is 12.6. The van der Waals surface area contributed by atoms with E-state index in [0.717, 1.165) is 12.1 Å². The number of hydrogen-bond acceptors (Lipinski definition) is 3. The number of benzene rings is 2. The lowest BCUT2D eigenvalue weighted by atomic mass is 10.0. The maximum absolute atomic E-state index is 12.6. The molecule has 3 rings (SSSR count). The quantitative estimate of drug-likeness (QED) is 0.733. The normalized spacial score (nSPS) is 11.8. The van der Waals surface area contributed by atoms with Crippen LogP contribution in [0.2, 0.25) is 5.02 Å². The molecule has 0 aliphatic heterocycles. The molecule has 0 bridgehead atoms. The fraction of sp³-hybridized carbons (Fsp3) is 0.125. The number of carboxylic acids is 1. The summed E-state index contributed by atoms with van der Waals surface area (Å²) in [7, 11) is 0. The minimum Gasteiger partial charge on any atom is -0.481 e. The molecule has 0 unspecified atom stereocenters. The molecule has 4 nitrogen and oxygen atoms in total. The Morgan fingerprint density at radius 3 is 2.46 bits per heavy atom. The van der Waals surface area contributed by atoms with Crippen LogP contribution in [0.5, 0.6) is 0 Å². The average Bonchev–Trinajstić information content (AvgIpc) is 2.89. The maximum atomic E-state index is 12.6. The molecular weight excluding hydrogens is 347 g/mol. The van der Waals surface area contributed by atoms with Gasteiger partial charge in [0.2, 0.25) is 0 Å². The maximum Gasteiger partial charge on any atom is 0.416 e. The van der Waals surface area contributed by atoms with Crippen molar-refractivity contribution in [3.63, 3.8) is 0 Å². The fourth-order valence-corrected chi connectivity index (χ4v) is 2.63. The molecule has 3 aromatic rings. The predicted molar refractivity (Wildman–Crippen MR) is 80.8 cm³/mol. The highest BCUT2D eigenvalue weighted by atomic mass is 35.5. The third-order valence-corrected chi connectivity index (χ3v) is 3.66. The van der Waals surface area contributed by atoms with Gasteiger partial charge in [-0.2, -0.15) is 13.2 Å². The van der Waals surface area contributed by atoms with E-state index in [1.807, 2.05) is 0 Å². The summed E-state index contributed by atoms with van der Waals surface area (Å²) in [6.07, 6.45) is -4.73. The van der Waals surface area contributed by atoms with Crippen LogP contribution in [0.3, 0.4) is 0 Å². The van der Waals surface area contributed by atoms with E-state index in [4.69, 9.17) is 21.2 Å². The minimum absolute atomic E-state index is 0.230. The number of hydrogen-bond donors (Lipinski definition) is 1. The van der Waals surface area contributed by atoms with Gasteiger partial charge in [-0.1, -0.05) is 28.9 Å². The first-order valence-electron chi connectivity index (χ1n) is 6.73. The van der Waals surface area contributed by atoms with Gasteiger partial charge in [0.05, 0.1) is 17.4 Å². The van der Waals surface area contributed by atoms with Crippen molar-refractivity contribution in [2.24, 2.45) is 0 Å². The van der Waals surface area contributed by atoms with E-state index < -0.39 is 17.7 Å². The number of aliphatic carboxylic acids is 1. The van der Waals surface area contributed by atoms with Gasteiger partial charge in [-0.3, -0.25) is 4.79 Å². The second-order valence-electron chi connectivity index (χ2n) is 5.12. The zero-order valence-electron chi connectivity index (χ0n) is 11.9. The molecule has 124 valence electrons. The summed E-state index contributed by atoms with van der Waals surface area (Å²) in [6, 6.07) is 7.41. The van der Waals surface area contributed by atoms with Gasteiger partial charge in [0.25, 0.3) is 0 Å². The first-order valence-corrected chi connectivity index (χ1v) is 7.11. The van der Waals surface area contributed by atoms with E-state index in [1.54, 1.807) is 0 Å². The predicted octanol–water partition coefficient (Wildman–Crippen LogP) is 4.79. The summed E-state index contributed by atoms with van der Waals surface area (Å²) < 4.78 is 43.1. The van der Waals surface area contributed by atoms with E-state index >= 15 is 0 Å². The Balaban J connectivity index is 2.10. The molecule has 0 saturated carbocycles. The van der Waals surface area contributed by atoms with Crippen LogP contribution in [0.4, 0.5) is 13.2 Å². The Labute approximate surface area is 138 Å². The Bertz CT molecular complexity index is 917.